The average molecular weight is 598 g/mol. The largest absolute Gasteiger partial charge is 0.394 e. The van der Waals surface area contributed by atoms with Crippen LogP contribution in [-0.4, -0.2) is 55.9 Å². The number of fused-ring (bicyclic) bond motifs is 1. The number of para-hydroxylation sites is 1. The minimum Gasteiger partial charge on any atom is -0.394 e. The van der Waals surface area contributed by atoms with Gasteiger partial charge in [0.05, 0.1) is 29.2 Å². The first-order valence-electron chi connectivity index (χ1n) is 15.0. The van der Waals surface area contributed by atoms with Crippen molar-refractivity contribution in [2.75, 3.05) is 11.9 Å². The van der Waals surface area contributed by atoms with Crippen molar-refractivity contribution in [3.05, 3.63) is 101 Å². The van der Waals surface area contributed by atoms with E-state index in [1.54, 1.807) is 16.7 Å². The van der Waals surface area contributed by atoms with Gasteiger partial charge in [-0.05, 0) is 62.3 Å². The number of hydrogen-bond acceptors (Lipinski definition) is 5. The standard InChI is InChI=1S/C35H39N3O4S/c1-22-11-10-12-23(2)29(22)37-32(41)30-35-18-17-34(3,43-35)27(31(40)36-20-25-15-8-5-9-16-25)28(35)33(42)38(30)26(21-39)19-24-13-6-4-7-14-24/h4-16,26-28,30,39H,17-21H2,1-3H3,(H,36,40)(H,37,41)/t26-,27-,28+,30?,34+,35?/m1/s1. The van der Waals surface area contributed by atoms with Gasteiger partial charge in [0, 0.05) is 17.0 Å². The van der Waals surface area contributed by atoms with Gasteiger partial charge in [-0.1, -0.05) is 78.9 Å². The fraction of sp³-hybridized carbons (Fsp3) is 0.400. The molecule has 224 valence electrons. The van der Waals surface area contributed by atoms with Gasteiger partial charge in [0.2, 0.25) is 17.7 Å². The van der Waals surface area contributed by atoms with Gasteiger partial charge in [-0.25, -0.2) is 0 Å². The lowest BCUT2D eigenvalue weighted by Gasteiger charge is -2.37. The summed E-state index contributed by atoms with van der Waals surface area (Å²) in [6.45, 7) is 6.07. The van der Waals surface area contributed by atoms with Crippen LogP contribution in [0.4, 0.5) is 5.69 Å². The Labute approximate surface area is 257 Å². The van der Waals surface area contributed by atoms with Crippen LogP contribution in [0.3, 0.4) is 0 Å². The molecule has 3 aromatic rings. The van der Waals surface area contributed by atoms with E-state index in [4.69, 9.17) is 0 Å². The van der Waals surface area contributed by atoms with Crippen LogP contribution in [0, 0.1) is 25.7 Å². The monoisotopic (exact) mass is 597 g/mol. The van der Waals surface area contributed by atoms with Crippen molar-refractivity contribution in [2.45, 2.75) is 68.2 Å². The van der Waals surface area contributed by atoms with Crippen LogP contribution in [0.15, 0.2) is 78.9 Å². The predicted molar refractivity (Wildman–Crippen MR) is 169 cm³/mol. The van der Waals surface area contributed by atoms with E-state index in [2.05, 4.69) is 17.6 Å². The normalized spacial score (nSPS) is 28.0. The van der Waals surface area contributed by atoms with Crippen LogP contribution < -0.4 is 10.6 Å². The molecule has 3 N–H and O–H groups in total. The molecular weight excluding hydrogens is 558 g/mol. The molecule has 0 saturated carbocycles. The molecule has 1 spiro atoms. The van der Waals surface area contributed by atoms with Crippen LogP contribution in [0.5, 0.6) is 0 Å². The molecular formula is C35H39N3O4S. The van der Waals surface area contributed by atoms with E-state index >= 15 is 0 Å². The number of nitrogens with one attached hydrogen (secondary N) is 2. The number of carbonyl (C=O) groups excluding carboxylic acids is 3. The van der Waals surface area contributed by atoms with E-state index in [0.29, 0.717) is 19.4 Å². The quantitative estimate of drug-likeness (QED) is 0.334. The predicted octanol–water partition coefficient (Wildman–Crippen LogP) is 4.64. The van der Waals surface area contributed by atoms with Gasteiger partial charge in [-0.15, -0.1) is 11.8 Å². The summed E-state index contributed by atoms with van der Waals surface area (Å²) in [6, 6.07) is 23.9. The van der Waals surface area contributed by atoms with Crippen molar-refractivity contribution in [1.82, 2.24) is 10.2 Å². The van der Waals surface area contributed by atoms with Gasteiger partial charge < -0.3 is 20.6 Å². The minimum atomic E-state index is -0.830. The lowest BCUT2D eigenvalue weighted by Crippen LogP contribution is -2.55. The third kappa shape index (κ3) is 5.04. The van der Waals surface area contributed by atoms with Crippen molar-refractivity contribution in [2.24, 2.45) is 11.8 Å². The molecule has 8 heteroatoms. The first kappa shape index (κ1) is 29.5. The average Bonchev–Trinajstić information content (AvgIpc) is 3.58. The summed E-state index contributed by atoms with van der Waals surface area (Å²) >= 11 is 1.64. The maximum Gasteiger partial charge on any atom is 0.248 e. The van der Waals surface area contributed by atoms with E-state index in [1.807, 2.05) is 92.7 Å². The Morgan fingerprint density at radius 2 is 1.56 bits per heavy atom. The first-order valence-corrected chi connectivity index (χ1v) is 15.9. The highest BCUT2D eigenvalue weighted by molar-refractivity contribution is 8.02. The molecule has 3 heterocycles. The summed E-state index contributed by atoms with van der Waals surface area (Å²) in [4.78, 5) is 44.7. The summed E-state index contributed by atoms with van der Waals surface area (Å²) in [5.74, 6) is -1.88. The Balaban J connectivity index is 1.38. The molecule has 3 aromatic carbocycles. The zero-order valence-corrected chi connectivity index (χ0v) is 25.7. The number of carbonyl (C=O) groups is 3. The number of benzene rings is 3. The van der Waals surface area contributed by atoms with Crippen molar-refractivity contribution in [3.63, 3.8) is 0 Å². The third-order valence-corrected chi connectivity index (χ3v) is 11.7. The summed E-state index contributed by atoms with van der Waals surface area (Å²) < 4.78 is -1.25. The number of nitrogens with zero attached hydrogens (tertiary/aromatic N) is 1. The number of aliphatic hydroxyl groups is 1. The molecule has 2 bridgehead atoms. The molecule has 7 nitrogen and oxygen atoms in total. The van der Waals surface area contributed by atoms with Crippen molar-refractivity contribution in [1.29, 1.82) is 0 Å². The van der Waals surface area contributed by atoms with Gasteiger partial charge >= 0.3 is 0 Å². The molecule has 0 aliphatic carbocycles. The molecule has 3 amide bonds. The molecule has 0 radical (unpaired) electrons. The van der Waals surface area contributed by atoms with E-state index in [1.165, 1.54) is 0 Å². The Morgan fingerprint density at radius 3 is 2.19 bits per heavy atom. The van der Waals surface area contributed by atoms with Gasteiger partial charge in [0.15, 0.2) is 0 Å². The molecule has 3 aliphatic rings. The van der Waals surface area contributed by atoms with Gasteiger partial charge in [-0.2, -0.15) is 0 Å². The molecule has 6 atom stereocenters. The maximum atomic E-state index is 14.6. The molecule has 3 fully saturated rings. The number of thioether (sulfide) groups is 1. The molecule has 43 heavy (non-hydrogen) atoms. The van der Waals surface area contributed by atoms with E-state index < -0.39 is 33.4 Å². The summed E-state index contributed by atoms with van der Waals surface area (Å²) in [5.41, 5.74) is 4.58. The summed E-state index contributed by atoms with van der Waals surface area (Å²) in [6.07, 6.45) is 1.79. The number of amides is 3. The highest BCUT2D eigenvalue weighted by Crippen LogP contribution is 2.71. The molecule has 0 aromatic heterocycles. The fourth-order valence-corrected chi connectivity index (χ4v) is 10.0. The zero-order valence-electron chi connectivity index (χ0n) is 24.9. The Bertz CT molecular complexity index is 1510. The Morgan fingerprint density at radius 1 is 0.930 bits per heavy atom. The molecule has 6 rings (SSSR count). The smallest absolute Gasteiger partial charge is 0.248 e. The zero-order chi connectivity index (χ0) is 30.4. The van der Waals surface area contributed by atoms with Crippen LogP contribution in [0.1, 0.15) is 42.0 Å². The topological polar surface area (TPSA) is 98.7 Å². The van der Waals surface area contributed by atoms with Crippen LogP contribution in [-0.2, 0) is 27.3 Å². The summed E-state index contributed by atoms with van der Waals surface area (Å²) in [5, 5.41) is 17.0. The maximum absolute atomic E-state index is 14.6. The number of hydrogen-bond donors (Lipinski definition) is 3. The lowest BCUT2D eigenvalue weighted by atomic mass is 9.66. The number of aliphatic hydroxyl groups excluding tert-OH is 1. The Hall–Kier alpha value is -3.62. The van der Waals surface area contributed by atoms with Crippen molar-refractivity contribution < 1.29 is 19.5 Å². The van der Waals surface area contributed by atoms with Crippen molar-refractivity contribution in [3.8, 4) is 0 Å². The Kier molecular flexibility index (Phi) is 7.86. The highest BCUT2D eigenvalue weighted by Gasteiger charge is 2.77. The molecule has 3 aliphatic heterocycles. The van der Waals surface area contributed by atoms with Gasteiger partial charge in [-0.3, -0.25) is 14.4 Å². The molecule has 2 unspecified atom stereocenters. The first-order chi connectivity index (χ1) is 20.7. The second kappa shape index (κ2) is 11.5. The van der Waals surface area contributed by atoms with Crippen LogP contribution in [0.25, 0.3) is 0 Å². The number of anilines is 1. The second-order valence-corrected chi connectivity index (χ2v) is 14.4. The van der Waals surface area contributed by atoms with E-state index in [-0.39, 0.29) is 24.3 Å². The number of aryl methyl sites for hydroxylation is 2. The number of likely N-dealkylation sites (tertiary alicyclic amines) is 1. The third-order valence-electron chi connectivity index (χ3n) is 9.70. The van der Waals surface area contributed by atoms with Crippen LogP contribution >= 0.6 is 11.8 Å². The lowest BCUT2D eigenvalue weighted by molar-refractivity contribution is -0.142. The van der Waals surface area contributed by atoms with E-state index in [9.17, 15) is 19.5 Å². The molecule has 3 saturated heterocycles. The van der Waals surface area contributed by atoms with Crippen molar-refractivity contribution >= 4 is 35.2 Å². The SMILES string of the molecule is Cc1cccc(C)c1NC(=O)C1N([C@@H](CO)Cc2ccccc2)C(=O)[C@@H]2[C@H](C(=O)NCc3ccccc3)[C@]3(C)CCC12S3. The van der Waals surface area contributed by atoms with Gasteiger partial charge in [0.25, 0.3) is 0 Å². The van der Waals surface area contributed by atoms with Crippen LogP contribution in [0.2, 0.25) is 0 Å². The fourth-order valence-electron chi connectivity index (χ4n) is 7.69. The van der Waals surface area contributed by atoms with E-state index in [0.717, 1.165) is 34.4 Å². The van der Waals surface area contributed by atoms with Gasteiger partial charge in [0.1, 0.15) is 6.04 Å². The second-order valence-electron chi connectivity index (χ2n) is 12.5. The highest BCUT2D eigenvalue weighted by atomic mass is 32.2. The minimum absolute atomic E-state index is 0.154. The summed E-state index contributed by atoms with van der Waals surface area (Å²) in [7, 11) is 0. The number of rotatable bonds is 9.